The summed E-state index contributed by atoms with van der Waals surface area (Å²) in [5.74, 6) is -1.47. The van der Waals surface area contributed by atoms with Gasteiger partial charge in [0.15, 0.2) is 0 Å². The molecule has 23 heavy (non-hydrogen) atoms. The molecule has 0 amide bonds. The lowest BCUT2D eigenvalue weighted by Gasteiger charge is -1.96. The fraction of sp³-hybridized carbons (Fsp3) is 0.611. The van der Waals surface area contributed by atoms with E-state index in [0.29, 0.717) is 6.42 Å². The van der Waals surface area contributed by atoms with Gasteiger partial charge in [-0.3, -0.25) is 10.1 Å². The fourth-order valence-electron chi connectivity index (χ4n) is 2.11. The molecule has 0 aromatic heterocycles. The Labute approximate surface area is 138 Å². The van der Waals surface area contributed by atoms with Crippen molar-refractivity contribution in [3.63, 3.8) is 0 Å². The highest BCUT2D eigenvalue weighted by molar-refractivity contribution is 5.83. The molecule has 1 N–H and O–H groups in total. The highest BCUT2D eigenvalue weighted by Crippen LogP contribution is 2.08. The number of nitro groups is 1. The van der Waals surface area contributed by atoms with E-state index in [9.17, 15) is 14.9 Å². The maximum atomic E-state index is 10.6. The summed E-state index contributed by atoms with van der Waals surface area (Å²) in [5, 5.41) is 19.1. The lowest BCUT2D eigenvalue weighted by Crippen LogP contribution is -2.09. The van der Waals surface area contributed by atoms with Crippen molar-refractivity contribution in [2.45, 2.75) is 71.1 Å². The quantitative estimate of drug-likeness (QED) is 0.155. The molecule has 130 valence electrons. The summed E-state index contributed by atoms with van der Waals surface area (Å²) in [6, 6.07) is 0. The van der Waals surface area contributed by atoms with Crippen molar-refractivity contribution in [2.24, 2.45) is 0 Å². The van der Waals surface area contributed by atoms with Gasteiger partial charge in [-0.15, -0.1) is 0 Å². The smallest absolute Gasteiger partial charge is 0.407 e. The molecule has 0 atom stereocenters. The first-order valence-electron chi connectivity index (χ1n) is 8.47. The van der Waals surface area contributed by atoms with Crippen LogP contribution in [-0.2, 0) is 4.79 Å². The zero-order chi connectivity index (χ0) is 17.3. The number of hydrogen-bond acceptors (Lipinski definition) is 3. The summed E-state index contributed by atoms with van der Waals surface area (Å²) < 4.78 is 0. The highest BCUT2D eigenvalue weighted by atomic mass is 16.6. The Kier molecular flexibility index (Phi) is 13.8. The van der Waals surface area contributed by atoms with E-state index in [1.54, 1.807) is 0 Å². The number of carboxylic acid groups (broad SMARTS) is 1. The van der Waals surface area contributed by atoms with Crippen LogP contribution in [-0.4, -0.2) is 16.0 Å². The van der Waals surface area contributed by atoms with Gasteiger partial charge in [-0.2, -0.15) is 0 Å². The largest absolute Gasteiger partial charge is 0.473 e. The van der Waals surface area contributed by atoms with Crippen LogP contribution in [0.1, 0.15) is 71.1 Å². The summed E-state index contributed by atoms with van der Waals surface area (Å²) in [4.78, 5) is 20.2. The Morgan fingerprint density at radius 1 is 0.913 bits per heavy atom. The molecule has 0 unspecified atom stereocenters. The first-order chi connectivity index (χ1) is 11.1. The SMILES string of the molecule is CC/C=C/CCCC/C=C/CCCCC/C=C(/C(=O)O)[N+](=O)[O-]. The van der Waals surface area contributed by atoms with Crippen LogP contribution in [0.3, 0.4) is 0 Å². The molecule has 0 spiro atoms. The van der Waals surface area contributed by atoms with Crippen LogP contribution in [0.4, 0.5) is 0 Å². The molecule has 0 radical (unpaired) electrons. The highest BCUT2D eigenvalue weighted by Gasteiger charge is 2.19. The van der Waals surface area contributed by atoms with Crippen LogP contribution in [0.5, 0.6) is 0 Å². The monoisotopic (exact) mass is 323 g/mol. The lowest BCUT2D eigenvalue weighted by atomic mass is 10.1. The molecule has 0 saturated heterocycles. The number of nitrogens with zero attached hydrogens (tertiary/aromatic N) is 1. The Balaban J connectivity index is 3.53. The molecule has 0 saturated carbocycles. The maximum absolute atomic E-state index is 10.6. The number of rotatable bonds is 14. The van der Waals surface area contributed by atoms with Gasteiger partial charge in [-0.25, -0.2) is 4.79 Å². The van der Waals surface area contributed by atoms with Crippen molar-refractivity contribution >= 4 is 5.97 Å². The zero-order valence-electron chi connectivity index (χ0n) is 14.1. The van der Waals surface area contributed by atoms with Gasteiger partial charge < -0.3 is 5.11 Å². The molecule has 5 heteroatoms. The van der Waals surface area contributed by atoms with E-state index < -0.39 is 16.6 Å². The van der Waals surface area contributed by atoms with Gasteiger partial charge in [0.25, 0.3) is 0 Å². The zero-order valence-corrected chi connectivity index (χ0v) is 14.1. The van der Waals surface area contributed by atoms with E-state index in [-0.39, 0.29) is 0 Å². The van der Waals surface area contributed by atoms with Crippen molar-refractivity contribution in [3.8, 4) is 0 Å². The maximum Gasteiger partial charge on any atom is 0.407 e. The molecule has 0 aliphatic rings. The van der Waals surface area contributed by atoms with Gasteiger partial charge in [0, 0.05) is 6.08 Å². The van der Waals surface area contributed by atoms with E-state index in [0.717, 1.165) is 44.9 Å². The molecule has 0 aliphatic heterocycles. The second-order valence-electron chi connectivity index (χ2n) is 5.43. The van der Waals surface area contributed by atoms with Crippen molar-refractivity contribution in [1.82, 2.24) is 0 Å². The molecule has 0 fully saturated rings. The van der Waals surface area contributed by atoms with Crippen LogP contribution in [0.25, 0.3) is 0 Å². The minimum Gasteiger partial charge on any atom is -0.473 e. The number of unbranched alkanes of at least 4 members (excludes halogenated alkanes) is 7. The minimum absolute atomic E-state index is 0.442. The minimum atomic E-state index is -1.47. The summed E-state index contributed by atoms with van der Waals surface area (Å²) in [6.45, 7) is 2.14. The molecule has 0 aliphatic carbocycles. The Morgan fingerprint density at radius 3 is 1.87 bits per heavy atom. The van der Waals surface area contributed by atoms with Crippen molar-refractivity contribution in [1.29, 1.82) is 0 Å². The molecular formula is C18H29NO4. The molecule has 0 heterocycles. The van der Waals surface area contributed by atoms with E-state index in [2.05, 4.69) is 31.2 Å². The van der Waals surface area contributed by atoms with Crippen LogP contribution in [0.15, 0.2) is 36.1 Å². The van der Waals surface area contributed by atoms with E-state index in [1.807, 2.05) is 0 Å². The van der Waals surface area contributed by atoms with Gasteiger partial charge in [-0.1, -0.05) is 37.6 Å². The van der Waals surface area contributed by atoms with Crippen LogP contribution >= 0.6 is 0 Å². The van der Waals surface area contributed by atoms with Gasteiger partial charge in [-0.05, 0) is 57.8 Å². The Hall–Kier alpha value is -1.91. The average Bonchev–Trinajstić information content (AvgIpc) is 2.50. The van der Waals surface area contributed by atoms with Crippen molar-refractivity contribution in [2.75, 3.05) is 0 Å². The number of hydrogen-bond donors (Lipinski definition) is 1. The number of allylic oxidation sites excluding steroid dienone is 5. The van der Waals surface area contributed by atoms with E-state index >= 15 is 0 Å². The third-order valence-corrected chi connectivity index (χ3v) is 3.39. The molecule has 5 nitrogen and oxygen atoms in total. The molecule has 0 aromatic rings. The lowest BCUT2D eigenvalue weighted by molar-refractivity contribution is -0.421. The molecule has 0 rings (SSSR count). The van der Waals surface area contributed by atoms with Crippen molar-refractivity contribution < 1.29 is 14.8 Å². The summed E-state index contributed by atoms with van der Waals surface area (Å²) in [5.41, 5.74) is -0.723. The van der Waals surface area contributed by atoms with E-state index in [1.165, 1.54) is 18.9 Å². The number of carbonyl (C=O) groups is 1. The average molecular weight is 323 g/mol. The van der Waals surface area contributed by atoms with Gasteiger partial charge >= 0.3 is 11.7 Å². The Bertz CT molecular complexity index is 409. The second-order valence-corrected chi connectivity index (χ2v) is 5.43. The summed E-state index contributed by atoms with van der Waals surface area (Å²) in [7, 11) is 0. The first kappa shape index (κ1) is 21.1. The topological polar surface area (TPSA) is 80.4 Å². The number of aliphatic carboxylic acids is 1. The summed E-state index contributed by atoms with van der Waals surface area (Å²) in [6.07, 6.45) is 20.1. The third kappa shape index (κ3) is 13.5. The standard InChI is InChI=1S/C18H29NO4/c1-2-3-4-5-6-7-8-9-10-11-12-13-14-15-16-17(18(20)21)19(22)23/h3-4,9-10,16H,2,5-8,11-15H2,1H3,(H,20,21)/b4-3+,10-9+,17-16-. The first-order valence-corrected chi connectivity index (χ1v) is 8.47. The molecule has 0 aromatic carbocycles. The normalized spacial score (nSPS) is 12.3. The fourth-order valence-corrected chi connectivity index (χ4v) is 2.11. The molecule has 0 bridgehead atoms. The van der Waals surface area contributed by atoms with E-state index in [4.69, 9.17) is 5.11 Å². The van der Waals surface area contributed by atoms with Crippen molar-refractivity contribution in [3.05, 3.63) is 46.2 Å². The van der Waals surface area contributed by atoms with Crippen LogP contribution in [0, 0.1) is 10.1 Å². The van der Waals surface area contributed by atoms with Gasteiger partial charge in [0.05, 0.1) is 4.92 Å². The van der Waals surface area contributed by atoms with Gasteiger partial charge in [0.2, 0.25) is 0 Å². The molecular weight excluding hydrogens is 294 g/mol. The predicted molar refractivity (Wildman–Crippen MR) is 92.8 cm³/mol. The second kappa shape index (κ2) is 15.0. The van der Waals surface area contributed by atoms with Gasteiger partial charge in [0.1, 0.15) is 0 Å². The van der Waals surface area contributed by atoms with Crippen LogP contribution < -0.4 is 0 Å². The number of carboxylic acids is 1. The Morgan fingerprint density at radius 2 is 1.39 bits per heavy atom. The van der Waals surface area contributed by atoms with Crippen LogP contribution in [0.2, 0.25) is 0 Å². The summed E-state index contributed by atoms with van der Waals surface area (Å²) >= 11 is 0. The third-order valence-electron chi connectivity index (χ3n) is 3.39. The predicted octanol–water partition coefficient (Wildman–Crippen LogP) is 5.26.